The predicted octanol–water partition coefficient (Wildman–Crippen LogP) is 2.10. The SMILES string of the molecule is O=C(OCC(=O)N1CCN(c2ccc(F)cc2)CC1)c1ccc2c(c1)OCCO2. The van der Waals surface area contributed by atoms with E-state index in [2.05, 4.69) is 4.90 Å². The first-order valence-electron chi connectivity index (χ1n) is 9.45. The average Bonchev–Trinajstić information content (AvgIpc) is 2.77. The molecule has 2 aromatic rings. The van der Waals surface area contributed by atoms with Crippen LogP contribution >= 0.6 is 0 Å². The summed E-state index contributed by atoms with van der Waals surface area (Å²) < 4.78 is 29.1. The summed E-state index contributed by atoms with van der Waals surface area (Å²) in [6, 6.07) is 11.1. The first kappa shape index (κ1) is 19.0. The molecular formula is C21H21FN2O5. The molecule has 2 aliphatic heterocycles. The van der Waals surface area contributed by atoms with Gasteiger partial charge in [0.1, 0.15) is 19.0 Å². The number of rotatable bonds is 4. The summed E-state index contributed by atoms with van der Waals surface area (Å²) in [5.74, 6) is -0.0193. The van der Waals surface area contributed by atoms with E-state index in [1.165, 1.54) is 12.1 Å². The molecule has 152 valence electrons. The number of esters is 1. The van der Waals surface area contributed by atoms with E-state index in [0.29, 0.717) is 56.5 Å². The molecule has 1 saturated heterocycles. The lowest BCUT2D eigenvalue weighted by molar-refractivity contribution is -0.134. The molecule has 0 radical (unpaired) electrons. The molecule has 1 fully saturated rings. The highest BCUT2D eigenvalue weighted by Gasteiger charge is 2.23. The van der Waals surface area contributed by atoms with Gasteiger partial charge < -0.3 is 24.0 Å². The average molecular weight is 400 g/mol. The topological polar surface area (TPSA) is 68.3 Å². The first-order chi connectivity index (χ1) is 14.1. The minimum absolute atomic E-state index is 0.241. The van der Waals surface area contributed by atoms with Crippen LogP contribution in [0.1, 0.15) is 10.4 Å². The number of carbonyl (C=O) groups is 2. The Bertz CT molecular complexity index is 894. The van der Waals surface area contributed by atoms with Crippen molar-refractivity contribution in [2.24, 2.45) is 0 Å². The summed E-state index contributed by atoms with van der Waals surface area (Å²) in [5.41, 5.74) is 1.23. The van der Waals surface area contributed by atoms with Gasteiger partial charge in [0.25, 0.3) is 5.91 Å². The summed E-state index contributed by atoms with van der Waals surface area (Å²) in [5, 5.41) is 0. The predicted molar refractivity (Wildman–Crippen MR) is 103 cm³/mol. The van der Waals surface area contributed by atoms with E-state index in [1.807, 2.05) is 0 Å². The number of ether oxygens (including phenoxy) is 3. The van der Waals surface area contributed by atoms with Gasteiger partial charge in [0.15, 0.2) is 18.1 Å². The zero-order valence-corrected chi connectivity index (χ0v) is 15.8. The molecule has 2 aromatic carbocycles. The number of benzene rings is 2. The fourth-order valence-corrected chi connectivity index (χ4v) is 3.34. The Morgan fingerprint density at radius 3 is 2.34 bits per heavy atom. The number of carbonyl (C=O) groups excluding carboxylic acids is 2. The summed E-state index contributed by atoms with van der Waals surface area (Å²) in [6.07, 6.45) is 0. The molecular weight excluding hydrogens is 379 g/mol. The van der Waals surface area contributed by atoms with Crippen LogP contribution in [0.3, 0.4) is 0 Å². The zero-order valence-electron chi connectivity index (χ0n) is 15.8. The van der Waals surface area contributed by atoms with Gasteiger partial charge in [0.2, 0.25) is 0 Å². The molecule has 8 heteroatoms. The van der Waals surface area contributed by atoms with Gasteiger partial charge in [-0.3, -0.25) is 4.79 Å². The molecule has 0 aromatic heterocycles. The summed E-state index contributed by atoms with van der Waals surface area (Å²) >= 11 is 0. The Hall–Kier alpha value is -3.29. The van der Waals surface area contributed by atoms with Crippen LogP contribution in [0.5, 0.6) is 11.5 Å². The maximum atomic E-state index is 13.1. The van der Waals surface area contributed by atoms with Gasteiger partial charge in [0.05, 0.1) is 5.56 Å². The van der Waals surface area contributed by atoms with E-state index < -0.39 is 5.97 Å². The molecule has 4 rings (SSSR count). The maximum Gasteiger partial charge on any atom is 0.338 e. The standard InChI is InChI=1S/C21H21FN2O5/c22-16-2-4-17(5-3-16)23-7-9-24(10-8-23)20(25)14-29-21(26)15-1-6-18-19(13-15)28-12-11-27-18/h1-6,13H,7-12,14H2. The van der Waals surface area contributed by atoms with Crippen molar-refractivity contribution in [3.8, 4) is 11.5 Å². The van der Waals surface area contributed by atoms with Crippen molar-refractivity contribution < 1.29 is 28.2 Å². The van der Waals surface area contributed by atoms with Gasteiger partial charge in [-0.05, 0) is 42.5 Å². The lowest BCUT2D eigenvalue weighted by Crippen LogP contribution is -2.49. The molecule has 0 bridgehead atoms. The van der Waals surface area contributed by atoms with E-state index >= 15 is 0 Å². The van der Waals surface area contributed by atoms with Gasteiger partial charge in [-0.25, -0.2) is 9.18 Å². The third-order valence-electron chi connectivity index (χ3n) is 4.93. The van der Waals surface area contributed by atoms with Gasteiger partial charge >= 0.3 is 5.97 Å². The maximum absolute atomic E-state index is 13.1. The minimum Gasteiger partial charge on any atom is -0.486 e. The molecule has 29 heavy (non-hydrogen) atoms. The van der Waals surface area contributed by atoms with Crippen LogP contribution in [0.25, 0.3) is 0 Å². The summed E-state index contributed by atoms with van der Waals surface area (Å²) in [4.78, 5) is 28.4. The Morgan fingerprint density at radius 2 is 1.62 bits per heavy atom. The Kier molecular flexibility index (Phi) is 5.50. The van der Waals surface area contributed by atoms with Crippen molar-refractivity contribution in [2.75, 3.05) is 50.9 Å². The molecule has 0 unspecified atom stereocenters. The fourth-order valence-electron chi connectivity index (χ4n) is 3.34. The Balaban J connectivity index is 1.27. The van der Waals surface area contributed by atoms with Crippen LogP contribution in [0.15, 0.2) is 42.5 Å². The number of piperazine rings is 1. The molecule has 2 aliphatic rings. The number of hydrogen-bond donors (Lipinski definition) is 0. The molecule has 0 N–H and O–H groups in total. The number of hydrogen-bond acceptors (Lipinski definition) is 6. The second-order valence-corrected chi connectivity index (χ2v) is 6.78. The Labute approximate surface area is 167 Å². The zero-order chi connectivity index (χ0) is 20.2. The van der Waals surface area contributed by atoms with Crippen LogP contribution in [0.2, 0.25) is 0 Å². The lowest BCUT2D eigenvalue weighted by Gasteiger charge is -2.36. The van der Waals surface area contributed by atoms with Crippen molar-refractivity contribution in [3.63, 3.8) is 0 Å². The van der Waals surface area contributed by atoms with Crippen molar-refractivity contribution >= 4 is 17.6 Å². The lowest BCUT2D eigenvalue weighted by atomic mass is 10.2. The van der Waals surface area contributed by atoms with Gasteiger partial charge in [-0.15, -0.1) is 0 Å². The number of amides is 1. The van der Waals surface area contributed by atoms with Gasteiger partial charge in [-0.1, -0.05) is 0 Å². The molecule has 0 aliphatic carbocycles. The highest BCUT2D eigenvalue weighted by atomic mass is 19.1. The van der Waals surface area contributed by atoms with Crippen molar-refractivity contribution in [3.05, 3.63) is 53.8 Å². The number of anilines is 1. The van der Waals surface area contributed by atoms with E-state index in [4.69, 9.17) is 14.2 Å². The normalized spacial score (nSPS) is 15.8. The van der Waals surface area contributed by atoms with E-state index in [1.54, 1.807) is 35.2 Å². The van der Waals surface area contributed by atoms with Crippen molar-refractivity contribution in [2.45, 2.75) is 0 Å². The molecule has 2 heterocycles. The van der Waals surface area contributed by atoms with Crippen molar-refractivity contribution in [1.82, 2.24) is 4.90 Å². The molecule has 0 atom stereocenters. The minimum atomic E-state index is -0.583. The Morgan fingerprint density at radius 1 is 0.931 bits per heavy atom. The second kappa shape index (κ2) is 8.38. The molecule has 1 amide bonds. The number of nitrogens with zero attached hydrogens (tertiary/aromatic N) is 2. The van der Waals surface area contributed by atoms with Gasteiger partial charge in [-0.2, -0.15) is 0 Å². The second-order valence-electron chi connectivity index (χ2n) is 6.78. The van der Waals surface area contributed by atoms with Crippen LogP contribution < -0.4 is 14.4 Å². The van der Waals surface area contributed by atoms with E-state index in [0.717, 1.165) is 5.69 Å². The third-order valence-corrected chi connectivity index (χ3v) is 4.93. The monoisotopic (exact) mass is 400 g/mol. The molecule has 0 saturated carbocycles. The summed E-state index contributed by atoms with van der Waals surface area (Å²) in [6.45, 7) is 2.87. The molecule has 0 spiro atoms. The van der Waals surface area contributed by atoms with Crippen LogP contribution in [-0.2, 0) is 9.53 Å². The quantitative estimate of drug-likeness (QED) is 0.733. The van der Waals surface area contributed by atoms with E-state index in [-0.39, 0.29) is 18.3 Å². The summed E-state index contributed by atoms with van der Waals surface area (Å²) in [7, 11) is 0. The smallest absolute Gasteiger partial charge is 0.338 e. The highest BCUT2D eigenvalue weighted by molar-refractivity contribution is 5.92. The van der Waals surface area contributed by atoms with Crippen LogP contribution in [-0.4, -0.2) is 62.8 Å². The highest BCUT2D eigenvalue weighted by Crippen LogP contribution is 2.30. The third kappa shape index (κ3) is 4.42. The van der Waals surface area contributed by atoms with Crippen LogP contribution in [0, 0.1) is 5.82 Å². The first-order valence-corrected chi connectivity index (χ1v) is 9.45. The largest absolute Gasteiger partial charge is 0.486 e. The molecule has 7 nitrogen and oxygen atoms in total. The number of halogens is 1. The van der Waals surface area contributed by atoms with E-state index in [9.17, 15) is 14.0 Å². The van der Waals surface area contributed by atoms with Crippen molar-refractivity contribution in [1.29, 1.82) is 0 Å². The number of fused-ring (bicyclic) bond motifs is 1. The fraction of sp³-hybridized carbons (Fsp3) is 0.333. The van der Waals surface area contributed by atoms with Gasteiger partial charge in [0, 0.05) is 31.9 Å². The van der Waals surface area contributed by atoms with Crippen LogP contribution in [0.4, 0.5) is 10.1 Å².